The van der Waals surface area contributed by atoms with Crippen LogP contribution in [-0.4, -0.2) is 50.1 Å². The number of nitrogens with one attached hydrogen (secondary N) is 2. The Hall–Kier alpha value is -3.39. The van der Waals surface area contributed by atoms with Gasteiger partial charge in [0.1, 0.15) is 5.75 Å². The van der Waals surface area contributed by atoms with Crippen molar-refractivity contribution in [1.82, 2.24) is 5.32 Å². The van der Waals surface area contributed by atoms with Gasteiger partial charge >= 0.3 is 0 Å². The van der Waals surface area contributed by atoms with E-state index < -0.39 is 0 Å². The van der Waals surface area contributed by atoms with Crippen LogP contribution in [0.15, 0.2) is 42.5 Å². The lowest BCUT2D eigenvalue weighted by molar-refractivity contribution is -0.126. The lowest BCUT2D eigenvalue weighted by Crippen LogP contribution is -2.37. The maximum atomic E-state index is 12.5. The van der Waals surface area contributed by atoms with Crippen molar-refractivity contribution in [2.75, 3.05) is 36.5 Å². The number of hydrogen-bond donors (Lipinski definition) is 2. The molecule has 8 nitrogen and oxygen atoms in total. The summed E-state index contributed by atoms with van der Waals surface area (Å²) in [5.41, 5.74) is 3.52. The van der Waals surface area contributed by atoms with Crippen molar-refractivity contribution < 1.29 is 23.9 Å². The fraction of sp³-hybridized carbons (Fsp3) is 0.423. The van der Waals surface area contributed by atoms with E-state index in [9.17, 15) is 14.4 Å². The van der Waals surface area contributed by atoms with Crippen LogP contribution < -0.4 is 20.3 Å². The number of aryl methyl sites for hydroxylation is 2. The molecule has 2 heterocycles. The lowest BCUT2D eigenvalue weighted by Gasteiger charge is -2.18. The number of anilines is 2. The molecule has 0 saturated carbocycles. The number of amides is 3. The predicted octanol–water partition coefficient (Wildman–Crippen LogP) is 2.97. The summed E-state index contributed by atoms with van der Waals surface area (Å²) in [6, 6.07) is 12.9. The van der Waals surface area contributed by atoms with Crippen LogP contribution in [0.25, 0.3) is 0 Å². The van der Waals surface area contributed by atoms with Crippen molar-refractivity contribution in [2.45, 2.75) is 39.2 Å². The van der Waals surface area contributed by atoms with E-state index in [0.29, 0.717) is 24.5 Å². The quantitative estimate of drug-likeness (QED) is 0.625. The molecular formula is C26H31N3O5. The first-order chi connectivity index (χ1) is 16.4. The van der Waals surface area contributed by atoms with Crippen molar-refractivity contribution in [1.29, 1.82) is 0 Å². The van der Waals surface area contributed by atoms with Gasteiger partial charge in [-0.05, 0) is 68.1 Å². The third-order valence-corrected chi connectivity index (χ3v) is 6.21. The molecule has 2 N–H and O–H groups in total. The van der Waals surface area contributed by atoms with Gasteiger partial charge in [-0.2, -0.15) is 0 Å². The van der Waals surface area contributed by atoms with Crippen molar-refractivity contribution in [3.63, 3.8) is 0 Å². The zero-order valence-corrected chi connectivity index (χ0v) is 19.6. The molecule has 0 aromatic heterocycles. The zero-order chi connectivity index (χ0) is 24.1. The Bertz CT molecular complexity index is 1050. The number of rotatable bonds is 8. The first-order valence-electron chi connectivity index (χ1n) is 11.7. The Kier molecular flexibility index (Phi) is 7.47. The summed E-state index contributed by atoms with van der Waals surface area (Å²) < 4.78 is 11.1. The Balaban J connectivity index is 1.26. The summed E-state index contributed by atoms with van der Waals surface area (Å²) in [5, 5.41) is 5.78. The van der Waals surface area contributed by atoms with E-state index >= 15 is 0 Å². The molecule has 0 spiro atoms. The van der Waals surface area contributed by atoms with Crippen LogP contribution in [0.4, 0.5) is 11.4 Å². The second kappa shape index (κ2) is 10.7. The van der Waals surface area contributed by atoms with Gasteiger partial charge in [0, 0.05) is 37.5 Å². The minimum absolute atomic E-state index is 0.0765. The maximum absolute atomic E-state index is 12.5. The molecule has 4 rings (SSSR count). The normalized spacial score (nSPS) is 19.8. The number of hydrogen-bond acceptors (Lipinski definition) is 5. The Labute approximate surface area is 199 Å². The first kappa shape index (κ1) is 23.8. The number of carbonyl (C=O) groups is 3. The highest BCUT2D eigenvalue weighted by Gasteiger charge is 2.35. The Morgan fingerprint density at radius 3 is 2.68 bits per heavy atom. The standard InChI is InChI=1S/C26H31N3O5/c1-17-5-6-18(2)23(12-17)28-24(30)16-34-21-9-7-20(8-10-21)29-15-19(13-25(29)31)26(32)27-14-22-4-3-11-33-22/h5-10,12,19,22H,3-4,11,13-16H2,1-2H3,(H,27,32)(H,28,30)/t19-,22-/m1/s1. The van der Waals surface area contributed by atoms with Crippen LogP contribution >= 0.6 is 0 Å². The summed E-state index contributed by atoms with van der Waals surface area (Å²) >= 11 is 0. The minimum atomic E-state index is -0.376. The third kappa shape index (κ3) is 5.94. The molecule has 3 amide bonds. The second-order valence-electron chi connectivity index (χ2n) is 8.93. The average molecular weight is 466 g/mol. The van der Waals surface area contributed by atoms with E-state index in [2.05, 4.69) is 10.6 Å². The number of benzene rings is 2. The number of nitrogens with zero attached hydrogens (tertiary/aromatic N) is 1. The van der Waals surface area contributed by atoms with Crippen LogP contribution in [0.1, 0.15) is 30.4 Å². The molecule has 34 heavy (non-hydrogen) atoms. The zero-order valence-electron chi connectivity index (χ0n) is 19.6. The van der Waals surface area contributed by atoms with E-state index in [1.165, 1.54) is 0 Å². The highest BCUT2D eigenvalue weighted by Crippen LogP contribution is 2.27. The molecule has 0 bridgehead atoms. The highest BCUT2D eigenvalue weighted by atomic mass is 16.5. The predicted molar refractivity (Wildman–Crippen MR) is 129 cm³/mol. The number of carbonyl (C=O) groups excluding carboxylic acids is 3. The lowest BCUT2D eigenvalue weighted by atomic mass is 10.1. The van der Waals surface area contributed by atoms with Gasteiger partial charge in [0.25, 0.3) is 5.91 Å². The molecule has 0 unspecified atom stereocenters. The summed E-state index contributed by atoms with van der Waals surface area (Å²) in [7, 11) is 0. The molecule has 2 saturated heterocycles. The Morgan fingerprint density at radius 2 is 1.94 bits per heavy atom. The van der Waals surface area contributed by atoms with Crippen molar-refractivity contribution in [2.24, 2.45) is 5.92 Å². The largest absolute Gasteiger partial charge is 0.484 e. The molecule has 2 aliphatic rings. The third-order valence-electron chi connectivity index (χ3n) is 6.21. The van der Waals surface area contributed by atoms with Crippen LogP contribution in [0.3, 0.4) is 0 Å². The highest BCUT2D eigenvalue weighted by molar-refractivity contribution is 6.00. The second-order valence-corrected chi connectivity index (χ2v) is 8.93. The molecule has 0 radical (unpaired) electrons. The molecule has 180 valence electrons. The van der Waals surface area contributed by atoms with Gasteiger partial charge in [-0.15, -0.1) is 0 Å². The topological polar surface area (TPSA) is 97.0 Å². The van der Waals surface area contributed by atoms with E-state index in [1.807, 2.05) is 32.0 Å². The van der Waals surface area contributed by atoms with E-state index in [-0.39, 0.29) is 42.8 Å². The minimum Gasteiger partial charge on any atom is -0.484 e. The first-order valence-corrected chi connectivity index (χ1v) is 11.7. The van der Waals surface area contributed by atoms with Gasteiger partial charge in [0.05, 0.1) is 12.0 Å². The van der Waals surface area contributed by atoms with Crippen LogP contribution in [-0.2, 0) is 19.1 Å². The summed E-state index contributed by atoms with van der Waals surface area (Å²) in [6.45, 7) is 5.36. The van der Waals surface area contributed by atoms with Gasteiger partial charge in [0.15, 0.2) is 6.61 Å². The van der Waals surface area contributed by atoms with Crippen molar-refractivity contribution in [3.8, 4) is 5.75 Å². The molecule has 2 aromatic rings. The molecule has 2 fully saturated rings. The monoisotopic (exact) mass is 465 g/mol. The Morgan fingerprint density at radius 1 is 1.15 bits per heavy atom. The SMILES string of the molecule is Cc1ccc(C)c(NC(=O)COc2ccc(N3C[C@H](C(=O)NC[C@H]4CCCO4)CC3=O)cc2)c1. The smallest absolute Gasteiger partial charge is 0.262 e. The molecule has 2 aromatic carbocycles. The van der Waals surface area contributed by atoms with Gasteiger partial charge in [-0.25, -0.2) is 0 Å². The van der Waals surface area contributed by atoms with Crippen molar-refractivity contribution >= 4 is 29.1 Å². The van der Waals surface area contributed by atoms with Gasteiger partial charge in [-0.1, -0.05) is 12.1 Å². The summed E-state index contributed by atoms with van der Waals surface area (Å²) in [5.74, 6) is -0.291. The molecule has 2 aliphatic heterocycles. The van der Waals surface area contributed by atoms with E-state index in [4.69, 9.17) is 9.47 Å². The molecular weight excluding hydrogens is 434 g/mol. The van der Waals surface area contributed by atoms with E-state index in [1.54, 1.807) is 29.2 Å². The fourth-order valence-corrected chi connectivity index (χ4v) is 4.22. The summed E-state index contributed by atoms with van der Waals surface area (Å²) in [6.07, 6.45) is 2.24. The van der Waals surface area contributed by atoms with Gasteiger partial charge in [-0.3, -0.25) is 14.4 Å². The van der Waals surface area contributed by atoms with Crippen LogP contribution in [0, 0.1) is 19.8 Å². The molecule has 0 aliphatic carbocycles. The average Bonchev–Trinajstić information content (AvgIpc) is 3.49. The van der Waals surface area contributed by atoms with Crippen LogP contribution in [0.5, 0.6) is 5.75 Å². The number of ether oxygens (including phenoxy) is 2. The molecule has 8 heteroatoms. The van der Waals surface area contributed by atoms with Crippen LogP contribution in [0.2, 0.25) is 0 Å². The van der Waals surface area contributed by atoms with Crippen molar-refractivity contribution in [3.05, 3.63) is 53.6 Å². The molecule has 2 atom stereocenters. The summed E-state index contributed by atoms with van der Waals surface area (Å²) in [4.78, 5) is 38.9. The van der Waals surface area contributed by atoms with Gasteiger partial charge in [0.2, 0.25) is 11.8 Å². The maximum Gasteiger partial charge on any atom is 0.262 e. The fourth-order valence-electron chi connectivity index (χ4n) is 4.22. The van der Waals surface area contributed by atoms with E-state index in [0.717, 1.165) is 36.3 Å². The van der Waals surface area contributed by atoms with Gasteiger partial charge < -0.3 is 25.0 Å².